The van der Waals surface area contributed by atoms with Crippen LogP contribution in [0.15, 0.2) is 24.3 Å². The van der Waals surface area contributed by atoms with Gasteiger partial charge in [0.05, 0.1) is 6.61 Å². The van der Waals surface area contributed by atoms with E-state index in [9.17, 15) is 0 Å². The van der Waals surface area contributed by atoms with E-state index in [4.69, 9.17) is 13.9 Å². The molecule has 0 radical (unpaired) electrons. The molecule has 3 nitrogen and oxygen atoms in total. The second-order valence-corrected chi connectivity index (χ2v) is 13.0. The summed E-state index contributed by atoms with van der Waals surface area (Å²) in [6, 6.07) is 8.58. The first kappa shape index (κ1) is 19.5. The molecule has 1 saturated heterocycles. The molecule has 0 bridgehead atoms. The molecule has 0 amide bonds. The van der Waals surface area contributed by atoms with Gasteiger partial charge in [0.2, 0.25) is 8.32 Å². The fraction of sp³-hybridized carbons (Fsp3) is 0.700. The topological polar surface area (TPSA) is 27.7 Å². The van der Waals surface area contributed by atoms with Crippen LogP contribution in [-0.2, 0) is 15.9 Å². The van der Waals surface area contributed by atoms with E-state index in [0.717, 1.165) is 38.2 Å². The molecule has 136 valence electrons. The van der Waals surface area contributed by atoms with Crippen molar-refractivity contribution >= 4 is 8.32 Å². The van der Waals surface area contributed by atoms with Gasteiger partial charge in [0.1, 0.15) is 5.75 Å². The van der Waals surface area contributed by atoms with E-state index in [1.807, 2.05) is 0 Å². The zero-order chi connectivity index (χ0) is 17.6. The fourth-order valence-electron chi connectivity index (χ4n) is 2.51. The van der Waals surface area contributed by atoms with Gasteiger partial charge in [-0.2, -0.15) is 0 Å². The van der Waals surface area contributed by atoms with Gasteiger partial charge >= 0.3 is 0 Å². The number of aryl methyl sites for hydroxylation is 1. The molecule has 2 rings (SSSR count). The van der Waals surface area contributed by atoms with Crippen LogP contribution in [0.3, 0.4) is 0 Å². The van der Waals surface area contributed by atoms with E-state index in [2.05, 4.69) is 58.1 Å². The molecule has 4 heteroatoms. The van der Waals surface area contributed by atoms with E-state index in [-0.39, 0.29) is 11.3 Å². The number of benzene rings is 1. The van der Waals surface area contributed by atoms with Gasteiger partial charge in [-0.1, -0.05) is 32.9 Å². The Morgan fingerprint density at radius 2 is 1.83 bits per heavy atom. The molecule has 0 N–H and O–H groups in total. The molecule has 0 spiro atoms. The molecule has 1 atom stereocenters. The third-order valence-electron chi connectivity index (χ3n) is 5.15. The van der Waals surface area contributed by atoms with Gasteiger partial charge < -0.3 is 13.9 Å². The van der Waals surface area contributed by atoms with Gasteiger partial charge in [0.25, 0.3) is 0 Å². The highest BCUT2D eigenvalue weighted by atomic mass is 28.4. The van der Waals surface area contributed by atoms with Gasteiger partial charge in [-0.05, 0) is 67.9 Å². The standard InChI is InChI=1S/C20H34O3Si/c1-20(2,3)24(4,5)23-18-13-11-17(12-14-18)9-8-16-22-19-10-6-7-15-21-19/h11-14,19H,6-10,15-16H2,1-5H3. The van der Waals surface area contributed by atoms with E-state index in [0.29, 0.717) is 0 Å². The molecule has 1 unspecified atom stereocenters. The van der Waals surface area contributed by atoms with E-state index in [1.165, 1.54) is 18.4 Å². The molecule has 1 fully saturated rings. The molecule has 1 heterocycles. The predicted molar refractivity (Wildman–Crippen MR) is 102 cm³/mol. The second kappa shape index (κ2) is 8.50. The highest BCUT2D eigenvalue weighted by Crippen LogP contribution is 2.37. The Morgan fingerprint density at radius 3 is 2.42 bits per heavy atom. The Morgan fingerprint density at radius 1 is 1.12 bits per heavy atom. The smallest absolute Gasteiger partial charge is 0.250 e. The summed E-state index contributed by atoms with van der Waals surface area (Å²) in [5, 5.41) is 0.226. The van der Waals surface area contributed by atoms with Gasteiger partial charge in [0.15, 0.2) is 6.29 Å². The number of rotatable bonds is 7. The Kier molecular flexibility index (Phi) is 6.90. The third-order valence-corrected chi connectivity index (χ3v) is 9.51. The van der Waals surface area contributed by atoms with Crippen LogP contribution in [0, 0.1) is 0 Å². The lowest BCUT2D eigenvalue weighted by atomic mass is 10.1. The maximum absolute atomic E-state index is 6.32. The summed E-state index contributed by atoms with van der Waals surface area (Å²) in [7, 11) is -1.75. The Hall–Kier alpha value is -0.843. The van der Waals surface area contributed by atoms with Gasteiger partial charge in [-0.15, -0.1) is 0 Å². The summed E-state index contributed by atoms with van der Waals surface area (Å²) in [4.78, 5) is 0. The minimum absolute atomic E-state index is 0.0270. The minimum atomic E-state index is -1.75. The lowest BCUT2D eigenvalue weighted by Crippen LogP contribution is -2.43. The second-order valence-electron chi connectivity index (χ2n) is 8.28. The first-order chi connectivity index (χ1) is 11.3. The Bertz CT molecular complexity index is 485. The van der Waals surface area contributed by atoms with Gasteiger partial charge in [0, 0.05) is 6.61 Å². The highest BCUT2D eigenvalue weighted by molar-refractivity contribution is 6.74. The van der Waals surface area contributed by atoms with Crippen molar-refractivity contribution in [3.63, 3.8) is 0 Å². The summed E-state index contributed by atoms with van der Waals surface area (Å²) in [6.07, 6.45) is 5.53. The zero-order valence-electron chi connectivity index (χ0n) is 16.1. The van der Waals surface area contributed by atoms with Crippen LogP contribution < -0.4 is 4.43 Å². The van der Waals surface area contributed by atoms with E-state index in [1.54, 1.807) is 0 Å². The summed E-state index contributed by atoms with van der Waals surface area (Å²) in [5.41, 5.74) is 1.34. The van der Waals surface area contributed by atoms with Crippen LogP contribution in [-0.4, -0.2) is 27.8 Å². The Labute approximate surface area is 148 Å². The minimum Gasteiger partial charge on any atom is -0.544 e. The number of ether oxygens (including phenoxy) is 2. The maximum Gasteiger partial charge on any atom is 0.250 e. The summed E-state index contributed by atoms with van der Waals surface area (Å²) >= 11 is 0. The molecule has 0 saturated carbocycles. The van der Waals surface area contributed by atoms with E-state index >= 15 is 0 Å². The molecule has 1 aromatic carbocycles. The number of hydrogen-bond donors (Lipinski definition) is 0. The van der Waals surface area contributed by atoms with Gasteiger partial charge in [-0.3, -0.25) is 0 Å². The molecular weight excluding hydrogens is 316 g/mol. The van der Waals surface area contributed by atoms with E-state index < -0.39 is 8.32 Å². The zero-order valence-corrected chi connectivity index (χ0v) is 17.1. The molecule has 24 heavy (non-hydrogen) atoms. The van der Waals surface area contributed by atoms with Crippen LogP contribution in [0.1, 0.15) is 52.0 Å². The van der Waals surface area contributed by atoms with Crippen LogP contribution >= 0.6 is 0 Å². The van der Waals surface area contributed by atoms with Crippen molar-refractivity contribution in [1.82, 2.24) is 0 Å². The van der Waals surface area contributed by atoms with Crippen molar-refractivity contribution < 1.29 is 13.9 Å². The highest BCUT2D eigenvalue weighted by Gasteiger charge is 2.38. The van der Waals surface area contributed by atoms with Crippen LogP contribution in [0.25, 0.3) is 0 Å². The van der Waals surface area contributed by atoms with Gasteiger partial charge in [-0.25, -0.2) is 0 Å². The fourth-order valence-corrected chi connectivity index (χ4v) is 3.54. The maximum atomic E-state index is 6.32. The quantitative estimate of drug-likeness (QED) is 0.477. The normalized spacial score (nSPS) is 19.3. The molecule has 0 aliphatic carbocycles. The predicted octanol–water partition coefficient (Wildman–Crippen LogP) is 5.55. The monoisotopic (exact) mass is 350 g/mol. The van der Waals surface area contributed by atoms with Crippen molar-refractivity contribution in [3.8, 4) is 5.75 Å². The molecule has 1 aliphatic heterocycles. The van der Waals surface area contributed by atoms with Crippen molar-refractivity contribution in [2.75, 3.05) is 13.2 Å². The molecule has 1 aliphatic rings. The van der Waals surface area contributed by atoms with Crippen molar-refractivity contribution in [2.24, 2.45) is 0 Å². The van der Waals surface area contributed by atoms with Crippen molar-refractivity contribution in [1.29, 1.82) is 0 Å². The molecule has 1 aromatic rings. The average molecular weight is 351 g/mol. The average Bonchev–Trinajstić information content (AvgIpc) is 2.53. The summed E-state index contributed by atoms with van der Waals surface area (Å²) in [6.45, 7) is 13.0. The lowest BCUT2D eigenvalue weighted by molar-refractivity contribution is -0.162. The largest absolute Gasteiger partial charge is 0.544 e. The number of hydrogen-bond acceptors (Lipinski definition) is 3. The lowest BCUT2D eigenvalue weighted by Gasteiger charge is -2.36. The Balaban J connectivity index is 1.73. The molecule has 0 aromatic heterocycles. The molecular formula is C20H34O3Si. The summed E-state index contributed by atoms with van der Waals surface area (Å²) in [5.74, 6) is 0.997. The van der Waals surface area contributed by atoms with Crippen LogP contribution in [0.2, 0.25) is 18.1 Å². The third kappa shape index (κ3) is 5.90. The summed E-state index contributed by atoms with van der Waals surface area (Å²) < 4.78 is 17.7. The first-order valence-corrected chi connectivity index (χ1v) is 12.2. The van der Waals surface area contributed by atoms with Crippen LogP contribution in [0.4, 0.5) is 0 Å². The SMILES string of the molecule is CC(C)(C)[Si](C)(C)Oc1ccc(CCCOC2CCCCO2)cc1. The van der Waals surface area contributed by atoms with Crippen molar-refractivity contribution in [2.45, 2.75) is 77.3 Å². The van der Waals surface area contributed by atoms with Crippen LogP contribution in [0.5, 0.6) is 5.75 Å². The first-order valence-electron chi connectivity index (χ1n) is 9.29. The van der Waals surface area contributed by atoms with Crippen molar-refractivity contribution in [3.05, 3.63) is 29.8 Å².